The Balaban J connectivity index is 1.45. The zero-order valence-electron chi connectivity index (χ0n) is 19.3. The topological polar surface area (TPSA) is 103 Å². The average molecular weight is 448 g/mol. The van der Waals surface area contributed by atoms with E-state index >= 15 is 0 Å². The first-order chi connectivity index (χ1) is 15.8. The summed E-state index contributed by atoms with van der Waals surface area (Å²) in [5.41, 5.74) is 8.05. The molecule has 0 radical (unpaired) electrons. The van der Waals surface area contributed by atoms with Crippen LogP contribution in [0.1, 0.15) is 32.3 Å². The molecular formula is C26H33N5O2. The van der Waals surface area contributed by atoms with E-state index in [0.29, 0.717) is 25.6 Å². The smallest absolute Gasteiger partial charge is 0.245 e. The van der Waals surface area contributed by atoms with Gasteiger partial charge in [0.15, 0.2) is 0 Å². The fourth-order valence-electron chi connectivity index (χ4n) is 4.30. The van der Waals surface area contributed by atoms with Gasteiger partial charge in [-0.05, 0) is 50.5 Å². The Morgan fingerprint density at radius 1 is 1.09 bits per heavy atom. The standard InChI is InChI=1S/C26H33N5O2/c1-26(2,27)25(33)30-23(16-18-17-28-22-11-7-6-10-21(18)22)24(32)31-14-12-20(13-15-31)29-19-8-4-3-5-9-19/h3-11,17,20,23,28-29H,12-16,27H2,1-2H3,(H,30,33). The number of piperidine rings is 1. The van der Waals surface area contributed by atoms with Crippen molar-refractivity contribution in [2.45, 2.75) is 50.7 Å². The van der Waals surface area contributed by atoms with Gasteiger partial charge >= 0.3 is 0 Å². The first-order valence-corrected chi connectivity index (χ1v) is 11.6. The molecule has 0 aliphatic carbocycles. The van der Waals surface area contributed by atoms with Crippen LogP contribution in [0.25, 0.3) is 10.9 Å². The van der Waals surface area contributed by atoms with E-state index < -0.39 is 11.6 Å². The number of amides is 2. The average Bonchev–Trinajstić information content (AvgIpc) is 3.21. The maximum atomic E-state index is 13.5. The van der Waals surface area contributed by atoms with Crippen LogP contribution in [0.5, 0.6) is 0 Å². The molecule has 1 fully saturated rings. The molecule has 1 atom stereocenters. The SMILES string of the molecule is CC(C)(N)C(=O)NC(Cc1c[nH]c2ccccc12)C(=O)N1CCC(Nc2ccccc2)CC1. The predicted octanol–water partition coefficient (Wildman–Crippen LogP) is 3.04. The van der Waals surface area contributed by atoms with Crippen molar-refractivity contribution in [3.63, 3.8) is 0 Å². The number of likely N-dealkylation sites (tertiary alicyclic amines) is 1. The molecule has 0 spiro atoms. The molecule has 4 rings (SSSR count). The zero-order chi connectivity index (χ0) is 23.4. The van der Waals surface area contributed by atoms with E-state index in [-0.39, 0.29) is 11.8 Å². The highest BCUT2D eigenvalue weighted by Crippen LogP contribution is 2.22. The summed E-state index contributed by atoms with van der Waals surface area (Å²) in [4.78, 5) is 31.3. The van der Waals surface area contributed by atoms with Crippen LogP contribution < -0.4 is 16.4 Å². The molecule has 3 aromatic rings. The van der Waals surface area contributed by atoms with E-state index in [2.05, 4.69) is 27.8 Å². The summed E-state index contributed by atoms with van der Waals surface area (Å²) in [6.45, 7) is 4.60. The minimum Gasteiger partial charge on any atom is -0.382 e. The third kappa shape index (κ3) is 5.54. The number of H-pyrrole nitrogens is 1. The number of carbonyl (C=O) groups is 2. The fraction of sp³-hybridized carbons (Fsp3) is 0.385. The van der Waals surface area contributed by atoms with Crippen molar-refractivity contribution in [2.75, 3.05) is 18.4 Å². The van der Waals surface area contributed by atoms with Gasteiger partial charge in [-0.1, -0.05) is 36.4 Å². The van der Waals surface area contributed by atoms with Crippen LogP contribution in [0, 0.1) is 0 Å². The molecule has 174 valence electrons. The van der Waals surface area contributed by atoms with E-state index in [1.807, 2.05) is 53.6 Å². The number of nitrogens with one attached hydrogen (secondary N) is 3. The van der Waals surface area contributed by atoms with Crippen LogP contribution >= 0.6 is 0 Å². The molecule has 2 aromatic carbocycles. The number of hydrogen-bond acceptors (Lipinski definition) is 4. The molecule has 1 aromatic heterocycles. The number of nitrogens with zero attached hydrogens (tertiary/aromatic N) is 1. The molecule has 2 amide bonds. The summed E-state index contributed by atoms with van der Waals surface area (Å²) in [5, 5.41) is 7.53. The van der Waals surface area contributed by atoms with Crippen molar-refractivity contribution in [1.29, 1.82) is 0 Å². The Morgan fingerprint density at radius 3 is 2.45 bits per heavy atom. The molecule has 1 aliphatic heterocycles. The molecule has 1 aliphatic rings. The number of nitrogens with two attached hydrogens (primary N) is 1. The molecular weight excluding hydrogens is 414 g/mol. The summed E-state index contributed by atoms with van der Waals surface area (Å²) in [5.74, 6) is -0.391. The van der Waals surface area contributed by atoms with Gasteiger partial charge in [0.2, 0.25) is 11.8 Å². The van der Waals surface area contributed by atoms with Crippen LogP contribution in [0.3, 0.4) is 0 Å². The summed E-state index contributed by atoms with van der Waals surface area (Å²) < 4.78 is 0. The van der Waals surface area contributed by atoms with Crippen molar-refractivity contribution in [1.82, 2.24) is 15.2 Å². The Labute approximate surface area is 194 Å². The normalized spacial score (nSPS) is 15.9. The van der Waals surface area contributed by atoms with E-state index in [1.165, 1.54) is 0 Å². The van der Waals surface area contributed by atoms with Gasteiger partial charge in [0.25, 0.3) is 0 Å². The van der Waals surface area contributed by atoms with Crippen LogP contribution in [-0.4, -0.2) is 52.4 Å². The monoisotopic (exact) mass is 447 g/mol. The van der Waals surface area contributed by atoms with Gasteiger partial charge in [0.05, 0.1) is 5.54 Å². The van der Waals surface area contributed by atoms with Gasteiger partial charge in [0.1, 0.15) is 6.04 Å². The zero-order valence-corrected chi connectivity index (χ0v) is 19.3. The van der Waals surface area contributed by atoms with Crippen LogP contribution in [-0.2, 0) is 16.0 Å². The van der Waals surface area contributed by atoms with Gasteiger partial charge in [-0.15, -0.1) is 0 Å². The Bertz CT molecular complexity index is 1090. The highest BCUT2D eigenvalue weighted by molar-refractivity contribution is 5.92. The second-order valence-corrected chi connectivity index (χ2v) is 9.42. The molecule has 33 heavy (non-hydrogen) atoms. The third-order valence-corrected chi connectivity index (χ3v) is 6.24. The maximum absolute atomic E-state index is 13.5. The van der Waals surface area contributed by atoms with Crippen molar-refractivity contribution in [3.05, 3.63) is 66.4 Å². The lowest BCUT2D eigenvalue weighted by atomic mass is 9.99. The van der Waals surface area contributed by atoms with Crippen molar-refractivity contribution >= 4 is 28.4 Å². The number of hydrogen-bond donors (Lipinski definition) is 4. The summed E-state index contributed by atoms with van der Waals surface area (Å²) >= 11 is 0. The summed E-state index contributed by atoms with van der Waals surface area (Å²) in [7, 11) is 0. The second-order valence-electron chi connectivity index (χ2n) is 9.42. The molecule has 5 N–H and O–H groups in total. The van der Waals surface area contributed by atoms with Gasteiger partial charge in [0, 0.05) is 48.3 Å². The second kappa shape index (κ2) is 9.67. The quantitative estimate of drug-likeness (QED) is 0.447. The number of fused-ring (bicyclic) bond motifs is 1. The lowest BCUT2D eigenvalue weighted by Gasteiger charge is -2.35. The fourth-order valence-corrected chi connectivity index (χ4v) is 4.30. The van der Waals surface area contributed by atoms with Crippen LogP contribution in [0.4, 0.5) is 5.69 Å². The highest BCUT2D eigenvalue weighted by Gasteiger charge is 2.33. The van der Waals surface area contributed by atoms with Crippen molar-refractivity contribution in [3.8, 4) is 0 Å². The van der Waals surface area contributed by atoms with E-state index in [9.17, 15) is 9.59 Å². The predicted molar refractivity (Wildman–Crippen MR) is 132 cm³/mol. The molecule has 1 unspecified atom stereocenters. The third-order valence-electron chi connectivity index (χ3n) is 6.24. The maximum Gasteiger partial charge on any atom is 0.245 e. The lowest BCUT2D eigenvalue weighted by molar-refractivity contribution is -0.138. The lowest BCUT2D eigenvalue weighted by Crippen LogP contribution is -2.58. The number of para-hydroxylation sites is 2. The molecule has 7 nitrogen and oxygen atoms in total. The van der Waals surface area contributed by atoms with Gasteiger partial charge in [-0.2, -0.15) is 0 Å². The van der Waals surface area contributed by atoms with Crippen LogP contribution in [0.2, 0.25) is 0 Å². The molecule has 1 saturated heterocycles. The summed E-state index contributed by atoms with van der Waals surface area (Å²) in [6.07, 6.45) is 4.04. The van der Waals surface area contributed by atoms with Crippen molar-refractivity contribution < 1.29 is 9.59 Å². The number of benzene rings is 2. The number of aromatic amines is 1. The van der Waals surface area contributed by atoms with E-state index in [1.54, 1.807) is 13.8 Å². The van der Waals surface area contributed by atoms with Gasteiger partial charge in [-0.3, -0.25) is 9.59 Å². The number of rotatable bonds is 7. The molecule has 7 heteroatoms. The number of carbonyl (C=O) groups excluding carboxylic acids is 2. The van der Waals surface area contributed by atoms with E-state index in [4.69, 9.17) is 5.73 Å². The Hall–Kier alpha value is -3.32. The summed E-state index contributed by atoms with van der Waals surface area (Å²) in [6, 6.07) is 17.8. The largest absolute Gasteiger partial charge is 0.382 e. The first-order valence-electron chi connectivity index (χ1n) is 11.6. The van der Waals surface area contributed by atoms with Gasteiger partial charge in [-0.25, -0.2) is 0 Å². The molecule has 0 bridgehead atoms. The Morgan fingerprint density at radius 2 is 1.76 bits per heavy atom. The van der Waals surface area contributed by atoms with E-state index in [0.717, 1.165) is 35.0 Å². The Kier molecular flexibility index (Phi) is 6.70. The van der Waals surface area contributed by atoms with Gasteiger partial charge < -0.3 is 26.3 Å². The molecule has 2 heterocycles. The highest BCUT2D eigenvalue weighted by atomic mass is 16.2. The van der Waals surface area contributed by atoms with Crippen LogP contribution in [0.15, 0.2) is 60.8 Å². The minimum atomic E-state index is -1.06. The first kappa shape index (κ1) is 22.9. The number of aromatic nitrogens is 1. The molecule has 0 saturated carbocycles. The number of anilines is 1. The minimum absolute atomic E-state index is 0.0592. The van der Waals surface area contributed by atoms with Crippen molar-refractivity contribution in [2.24, 2.45) is 5.73 Å².